The van der Waals surface area contributed by atoms with Crippen molar-refractivity contribution in [3.63, 3.8) is 0 Å². The number of amides is 1. The Balaban J connectivity index is 1.71. The molecule has 0 spiro atoms. The minimum atomic E-state index is -3.07. The number of benzene rings is 1. The number of carbonyl (C=O) groups is 1. The summed E-state index contributed by atoms with van der Waals surface area (Å²) in [6, 6.07) is 6.21. The van der Waals surface area contributed by atoms with Gasteiger partial charge < -0.3 is 14.1 Å². The third-order valence-electron chi connectivity index (χ3n) is 4.72. The van der Waals surface area contributed by atoms with Crippen molar-refractivity contribution < 1.29 is 22.4 Å². The largest absolute Gasteiger partial charge is 0.484 e. The molecule has 1 atom stereocenters. The standard InChI is InChI=1S/C19H23NO6S/c1-3-7-20(14-6-8-27(23,24)12-14)18(21)11-25-15-4-5-16-13(2)9-19(22)26-17(16)10-15/h4-5,9-10,14H,3,6-8,11-12H2,1-2H3. The predicted molar refractivity (Wildman–Crippen MR) is 102 cm³/mol. The zero-order chi connectivity index (χ0) is 19.6. The van der Waals surface area contributed by atoms with E-state index in [1.165, 1.54) is 6.07 Å². The lowest BCUT2D eigenvalue weighted by Gasteiger charge is -2.27. The fraction of sp³-hybridized carbons (Fsp3) is 0.474. The van der Waals surface area contributed by atoms with Gasteiger partial charge in [-0.3, -0.25) is 4.79 Å². The van der Waals surface area contributed by atoms with E-state index in [9.17, 15) is 18.0 Å². The Hall–Kier alpha value is -2.35. The second-order valence-electron chi connectivity index (χ2n) is 6.84. The van der Waals surface area contributed by atoms with Crippen LogP contribution in [0.4, 0.5) is 0 Å². The van der Waals surface area contributed by atoms with E-state index in [4.69, 9.17) is 9.15 Å². The van der Waals surface area contributed by atoms with Gasteiger partial charge in [0.25, 0.3) is 5.91 Å². The van der Waals surface area contributed by atoms with Gasteiger partial charge >= 0.3 is 5.63 Å². The van der Waals surface area contributed by atoms with Gasteiger partial charge in [-0.05, 0) is 37.5 Å². The molecule has 146 valence electrons. The van der Waals surface area contributed by atoms with Gasteiger partial charge in [0.15, 0.2) is 16.4 Å². The highest BCUT2D eigenvalue weighted by Gasteiger charge is 2.34. The summed E-state index contributed by atoms with van der Waals surface area (Å²) >= 11 is 0. The van der Waals surface area contributed by atoms with Gasteiger partial charge in [-0.15, -0.1) is 0 Å². The summed E-state index contributed by atoms with van der Waals surface area (Å²) in [5.41, 5.74) is 0.766. The van der Waals surface area contributed by atoms with Crippen LogP contribution in [-0.2, 0) is 14.6 Å². The molecule has 1 aliphatic heterocycles. The van der Waals surface area contributed by atoms with Crippen molar-refractivity contribution in [1.29, 1.82) is 0 Å². The summed E-state index contributed by atoms with van der Waals surface area (Å²) in [4.78, 5) is 25.7. The van der Waals surface area contributed by atoms with Crippen LogP contribution in [0.1, 0.15) is 25.3 Å². The molecule has 7 nitrogen and oxygen atoms in total. The fourth-order valence-corrected chi connectivity index (χ4v) is 5.13. The first-order valence-electron chi connectivity index (χ1n) is 8.96. The average Bonchev–Trinajstić information content (AvgIpc) is 2.96. The number of aryl methyl sites for hydroxylation is 1. The van der Waals surface area contributed by atoms with Crippen molar-refractivity contribution in [2.45, 2.75) is 32.7 Å². The van der Waals surface area contributed by atoms with Gasteiger partial charge in [-0.2, -0.15) is 0 Å². The van der Waals surface area contributed by atoms with Crippen LogP contribution in [0.15, 0.2) is 33.5 Å². The molecule has 0 saturated carbocycles. The van der Waals surface area contributed by atoms with Crippen molar-refractivity contribution in [2.24, 2.45) is 0 Å². The molecule has 1 saturated heterocycles. The van der Waals surface area contributed by atoms with Crippen molar-refractivity contribution in [3.05, 3.63) is 40.2 Å². The first kappa shape index (κ1) is 19.4. The molecule has 0 N–H and O–H groups in total. The summed E-state index contributed by atoms with van der Waals surface area (Å²) in [6.45, 7) is 4.06. The zero-order valence-electron chi connectivity index (χ0n) is 15.4. The van der Waals surface area contributed by atoms with Gasteiger partial charge in [-0.1, -0.05) is 6.92 Å². The number of ether oxygens (including phenoxy) is 1. The molecule has 1 amide bonds. The Morgan fingerprint density at radius 1 is 1.33 bits per heavy atom. The molecule has 2 aromatic rings. The first-order valence-corrected chi connectivity index (χ1v) is 10.8. The molecular weight excluding hydrogens is 370 g/mol. The summed E-state index contributed by atoms with van der Waals surface area (Å²) in [5, 5.41) is 0.803. The molecule has 27 heavy (non-hydrogen) atoms. The molecular formula is C19H23NO6S. The minimum absolute atomic E-state index is 0.0130. The molecule has 0 radical (unpaired) electrons. The lowest BCUT2D eigenvalue weighted by Crippen LogP contribution is -2.44. The lowest BCUT2D eigenvalue weighted by atomic mass is 10.1. The topological polar surface area (TPSA) is 93.9 Å². The molecule has 1 aliphatic rings. The number of hydrogen-bond donors (Lipinski definition) is 0. The van der Waals surface area contributed by atoms with Crippen molar-refractivity contribution in [1.82, 2.24) is 4.90 Å². The Morgan fingerprint density at radius 2 is 2.11 bits per heavy atom. The van der Waals surface area contributed by atoms with Crippen LogP contribution in [0.5, 0.6) is 5.75 Å². The van der Waals surface area contributed by atoms with Gasteiger partial charge in [0.1, 0.15) is 11.3 Å². The smallest absolute Gasteiger partial charge is 0.336 e. The number of hydrogen-bond acceptors (Lipinski definition) is 6. The third kappa shape index (κ3) is 4.50. The summed E-state index contributed by atoms with van der Waals surface area (Å²) < 4.78 is 34.2. The van der Waals surface area contributed by atoms with Crippen LogP contribution < -0.4 is 10.4 Å². The molecule has 0 aliphatic carbocycles. The summed E-state index contributed by atoms with van der Waals surface area (Å²) in [6.07, 6.45) is 1.21. The van der Waals surface area contributed by atoms with Crippen LogP contribution in [0.3, 0.4) is 0 Å². The average molecular weight is 393 g/mol. The lowest BCUT2D eigenvalue weighted by molar-refractivity contribution is -0.135. The Bertz CT molecular complexity index is 1010. The van der Waals surface area contributed by atoms with E-state index in [0.29, 0.717) is 24.3 Å². The van der Waals surface area contributed by atoms with Gasteiger partial charge in [0.2, 0.25) is 0 Å². The van der Waals surface area contributed by atoms with E-state index in [1.54, 1.807) is 23.1 Å². The molecule has 1 unspecified atom stereocenters. The third-order valence-corrected chi connectivity index (χ3v) is 6.47. The van der Waals surface area contributed by atoms with Crippen LogP contribution in [0.2, 0.25) is 0 Å². The maximum atomic E-state index is 12.6. The fourth-order valence-electron chi connectivity index (χ4n) is 3.40. The number of fused-ring (bicyclic) bond motifs is 1. The van der Waals surface area contributed by atoms with E-state index >= 15 is 0 Å². The Kier molecular flexibility index (Phi) is 5.55. The molecule has 8 heteroatoms. The molecule has 1 aromatic heterocycles. The van der Waals surface area contributed by atoms with Gasteiger partial charge in [0.05, 0.1) is 11.5 Å². The van der Waals surface area contributed by atoms with Crippen LogP contribution in [0, 0.1) is 6.92 Å². The minimum Gasteiger partial charge on any atom is -0.484 e. The Labute approximate surface area is 157 Å². The van der Waals surface area contributed by atoms with Crippen molar-refractivity contribution >= 4 is 26.7 Å². The quantitative estimate of drug-likeness (QED) is 0.696. The normalized spacial score (nSPS) is 18.5. The van der Waals surface area contributed by atoms with E-state index in [-0.39, 0.29) is 30.1 Å². The maximum absolute atomic E-state index is 12.6. The summed E-state index contributed by atoms with van der Waals surface area (Å²) in [5.74, 6) is 0.304. The number of nitrogens with zero attached hydrogens (tertiary/aromatic N) is 1. The van der Waals surface area contributed by atoms with E-state index in [2.05, 4.69) is 0 Å². The van der Waals surface area contributed by atoms with Gasteiger partial charge in [-0.25, -0.2) is 13.2 Å². The highest BCUT2D eigenvalue weighted by Crippen LogP contribution is 2.23. The molecule has 1 aromatic carbocycles. The maximum Gasteiger partial charge on any atom is 0.336 e. The van der Waals surface area contributed by atoms with Crippen LogP contribution >= 0.6 is 0 Å². The van der Waals surface area contributed by atoms with Crippen molar-refractivity contribution in [2.75, 3.05) is 24.7 Å². The zero-order valence-corrected chi connectivity index (χ0v) is 16.3. The molecule has 1 fully saturated rings. The van der Waals surface area contributed by atoms with E-state index in [0.717, 1.165) is 17.4 Å². The van der Waals surface area contributed by atoms with E-state index < -0.39 is 15.5 Å². The predicted octanol–water partition coefficient (Wildman–Crippen LogP) is 1.91. The van der Waals surface area contributed by atoms with Crippen LogP contribution in [0.25, 0.3) is 11.0 Å². The number of carbonyl (C=O) groups excluding carboxylic acids is 1. The van der Waals surface area contributed by atoms with Crippen LogP contribution in [-0.4, -0.2) is 49.9 Å². The first-order chi connectivity index (χ1) is 12.8. The monoisotopic (exact) mass is 393 g/mol. The Morgan fingerprint density at radius 3 is 2.78 bits per heavy atom. The van der Waals surface area contributed by atoms with Crippen molar-refractivity contribution in [3.8, 4) is 5.75 Å². The highest BCUT2D eigenvalue weighted by atomic mass is 32.2. The summed E-state index contributed by atoms with van der Waals surface area (Å²) in [7, 11) is -3.07. The van der Waals surface area contributed by atoms with Gasteiger partial charge in [0, 0.05) is 30.1 Å². The second kappa shape index (κ2) is 7.72. The molecule has 0 bridgehead atoms. The van der Waals surface area contributed by atoms with E-state index in [1.807, 2.05) is 13.8 Å². The highest BCUT2D eigenvalue weighted by molar-refractivity contribution is 7.91. The number of rotatable bonds is 6. The molecule has 3 rings (SSSR count). The molecule has 2 heterocycles. The second-order valence-corrected chi connectivity index (χ2v) is 9.07. The number of sulfone groups is 1. The SMILES string of the molecule is CCCN(C(=O)COc1ccc2c(C)cc(=O)oc2c1)C1CCS(=O)(=O)C1.